The monoisotopic (exact) mass is 527 g/mol. The van der Waals surface area contributed by atoms with Gasteiger partial charge in [-0.05, 0) is 58.3 Å². The molecule has 0 atom stereocenters. The van der Waals surface area contributed by atoms with Crippen LogP contribution in [0.15, 0.2) is 128 Å². The SMILES string of the molecule is c1ccc2cc3c(cc2c1)c1ccccc1n3-c1ccc(-c2ccc3c(c2)sc2ccccc23)c2cnncc12. The van der Waals surface area contributed by atoms with E-state index < -0.39 is 0 Å². The van der Waals surface area contributed by atoms with Gasteiger partial charge in [0.1, 0.15) is 0 Å². The van der Waals surface area contributed by atoms with E-state index in [9.17, 15) is 0 Å². The van der Waals surface area contributed by atoms with Crippen LogP contribution in [0.1, 0.15) is 0 Å². The Kier molecular flexibility index (Phi) is 4.48. The van der Waals surface area contributed by atoms with Crippen LogP contribution in [0, 0.1) is 0 Å². The van der Waals surface area contributed by atoms with Gasteiger partial charge in [0.15, 0.2) is 0 Å². The van der Waals surface area contributed by atoms with Crippen molar-refractivity contribution in [3.8, 4) is 16.8 Å². The Hall–Kier alpha value is -5.06. The predicted molar refractivity (Wildman–Crippen MR) is 170 cm³/mol. The van der Waals surface area contributed by atoms with Gasteiger partial charge < -0.3 is 4.57 Å². The van der Waals surface area contributed by atoms with Crippen molar-refractivity contribution in [1.82, 2.24) is 14.8 Å². The average molecular weight is 528 g/mol. The van der Waals surface area contributed by atoms with Gasteiger partial charge in [0.2, 0.25) is 0 Å². The number of nitrogens with zero attached hydrogens (tertiary/aromatic N) is 3. The summed E-state index contributed by atoms with van der Waals surface area (Å²) >= 11 is 1.85. The molecular weight excluding hydrogens is 506 g/mol. The normalized spacial score (nSPS) is 12.0. The van der Waals surface area contributed by atoms with Crippen molar-refractivity contribution in [2.45, 2.75) is 0 Å². The molecule has 3 nitrogen and oxygen atoms in total. The van der Waals surface area contributed by atoms with Crippen LogP contribution in [0.3, 0.4) is 0 Å². The Balaban J connectivity index is 1.33. The summed E-state index contributed by atoms with van der Waals surface area (Å²) in [7, 11) is 0. The van der Waals surface area contributed by atoms with E-state index in [-0.39, 0.29) is 0 Å². The molecule has 0 N–H and O–H groups in total. The maximum Gasteiger partial charge on any atom is 0.0596 e. The number of fused-ring (bicyclic) bond motifs is 8. The number of hydrogen-bond acceptors (Lipinski definition) is 3. The molecule has 9 rings (SSSR count). The largest absolute Gasteiger partial charge is 0.309 e. The second-order valence-corrected chi connectivity index (χ2v) is 11.4. The van der Waals surface area contributed by atoms with E-state index in [0.717, 1.165) is 16.5 Å². The Labute approximate surface area is 233 Å². The van der Waals surface area contributed by atoms with E-state index in [2.05, 4.69) is 130 Å². The zero-order valence-electron chi connectivity index (χ0n) is 21.4. The van der Waals surface area contributed by atoms with E-state index >= 15 is 0 Å². The highest BCUT2D eigenvalue weighted by Gasteiger charge is 2.17. The third kappa shape index (κ3) is 3.05. The van der Waals surface area contributed by atoms with Crippen molar-refractivity contribution in [3.63, 3.8) is 0 Å². The molecule has 3 aromatic heterocycles. The Morgan fingerprint density at radius 1 is 0.475 bits per heavy atom. The van der Waals surface area contributed by atoms with Crippen LogP contribution in [-0.2, 0) is 0 Å². The van der Waals surface area contributed by atoms with Crippen molar-refractivity contribution < 1.29 is 0 Å². The van der Waals surface area contributed by atoms with E-state index in [4.69, 9.17) is 0 Å². The topological polar surface area (TPSA) is 30.7 Å². The molecule has 4 heteroatoms. The lowest BCUT2D eigenvalue weighted by molar-refractivity contribution is 1.05. The van der Waals surface area contributed by atoms with Crippen LogP contribution >= 0.6 is 11.3 Å². The third-order valence-electron chi connectivity index (χ3n) is 8.18. The highest BCUT2D eigenvalue weighted by molar-refractivity contribution is 7.25. The highest BCUT2D eigenvalue weighted by atomic mass is 32.1. The molecule has 0 bridgehead atoms. The summed E-state index contributed by atoms with van der Waals surface area (Å²) in [5.41, 5.74) is 5.84. The van der Waals surface area contributed by atoms with Gasteiger partial charge in [0.05, 0.1) is 29.1 Å². The first kappa shape index (κ1) is 21.8. The Morgan fingerprint density at radius 3 is 2.10 bits per heavy atom. The van der Waals surface area contributed by atoms with Gasteiger partial charge in [-0.2, -0.15) is 10.2 Å². The van der Waals surface area contributed by atoms with Crippen molar-refractivity contribution in [1.29, 1.82) is 0 Å². The molecular formula is C36H21N3S. The Bertz CT molecular complexity index is 2450. The first-order chi connectivity index (χ1) is 19.8. The Morgan fingerprint density at radius 2 is 1.20 bits per heavy atom. The molecule has 0 amide bonds. The van der Waals surface area contributed by atoms with Crippen LogP contribution in [0.5, 0.6) is 0 Å². The first-order valence-corrected chi connectivity index (χ1v) is 14.2. The van der Waals surface area contributed by atoms with Crippen LogP contribution in [0.4, 0.5) is 0 Å². The quantitative estimate of drug-likeness (QED) is 0.224. The van der Waals surface area contributed by atoms with Crippen molar-refractivity contribution in [2.75, 3.05) is 0 Å². The van der Waals surface area contributed by atoms with Gasteiger partial charge in [-0.3, -0.25) is 0 Å². The van der Waals surface area contributed by atoms with Crippen molar-refractivity contribution in [2.24, 2.45) is 0 Å². The fourth-order valence-corrected chi connectivity index (χ4v) is 7.48. The van der Waals surface area contributed by atoms with Gasteiger partial charge in [0.25, 0.3) is 0 Å². The average Bonchev–Trinajstić information content (AvgIpc) is 3.54. The summed E-state index contributed by atoms with van der Waals surface area (Å²) in [6.07, 6.45) is 3.82. The molecule has 0 radical (unpaired) electrons. The minimum Gasteiger partial charge on any atom is -0.309 e. The van der Waals surface area contributed by atoms with E-state index in [1.807, 2.05) is 23.7 Å². The number of thiophene rings is 1. The van der Waals surface area contributed by atoms with Gasteiger partial charge in [-0.15, -0.1) is 11.3 Å². The van der Waals surface area contributed by atoms with E-state index in [1.165, 1.54) is 63.9 Å². The second-order valence-electron chi connectivity index (χ2n) is 10.3. The first-order valence-electron chi connectivity index (χ1n) is 13.4. The number of benzene rings is 6. The molecule has 0 fully saturated rings. The van der Waals surface area contributed by atoms with Crippen LogP contribution in [-0.4, -0.2) is 14.8 Å². The minimum absolute atomic E-state index is 1.08. The third-order valence-corrected chi connectivity index (χ3v) is 9.31. The van der Waals surface area contributed by atoms with Gasteiger partial charge in [-0.1, -0.05) is 78.9 Å². The fourth-order valence-electron chi connectivity index (χ4n) is 6.34. The summed E-state index contributed by atoms with van der Waals surface area (Å²) in [6.45, 7) is 0. The molecule has 3 heterocycles. The maximum atomic E-state index is 4.35. The standard InChI is InChI=1S/C36H21N3S/c1-2-8-23-18-34-29(17-22(23)7-1)26-9-3-5-11-32(26)39(34)33-16-15-25(30-20-37-38-21-31(30)33)24-13-14-28-27-10-4-6-12-35(27)40-36(28)19-24/h1-21H. The van der Waals surface area contributed by atoms with Crippen molar-refractivity contribution in [3.05, 3.63) is 128 Å². The molecule has 0 aliphatic rings. The number of rotatable bonds is 2. The number of para-hydroxylation sites is 1. The molecule has 0 saturated carbocycles. The van der Waals surface area contributed by atoms with Crippen LogP contribution in [0.2, 0.25) is 0 Å². The molecule has 0 unspecified atom stereocenters. The van der Waals surface area contributed by atoms with E-state index in [0.29, 0.717) is 0 Å². The number of aromatic nitrogens is 3. The summed E-state index contributed by atoms with van der Waals surface area (Å²) in [5, 5.41) is 18.5. The summed E-state index contributed by atoms with van der Waals surface area (Å²) < 4.78 is 5.01. The predicted octanol–water partition coefficient (Wildman–Crippen LogP) is 9.91. The highest BCUT2D eigenvalue weighted by Crippen LogP contribution is 2.41. The van der Waals surface area contributed by atoms with Crippen LogP contribution < -0.4 is 0 Å². The maximum absolute atomic E-state index is 4.35. The van der Waals surface area contributed by atoms with Crippen molar-refractivity contribution >= 4 is 74.9 Å². The van der Waals surface area contributed by atoms with Gasteiger partial charge in [-0.25, -0.2) is 0 Å². The molecule has 9 aromatic rings. The fraction of sp³-hybridized carbons (Fsp3) is 0. The lowest BCUT2D eigenvalue weighted by atomic mass is 9.98. The zero-order chi connectivity index (χ0) is 26.2. The van der Waals surface area contributed by atoms with E-state index in [1.54, 1.807) is 0 Å². The zero-order valence-corrected chi connectivity index (χ0v) is 22.2. The molecule has 0 aliphatic carbocycles. The lowest BCUT2D eigenvalue weighted by Crippen LogP contribution is -1.97. The summed E-state index contributed by atoms with van der Waals surface area (Å²) in [6, 6.07) is 41.8. The summed E-state index contributed by atoms with van der Waals surface area (Å²) in [5.74, 6) is 0. The molecule has 6 aromatic carbocycles. The smallest absolute Gasteiger partial charge is 0.0596 e. The molecule has 0 saturated heterocycles. The molecule has 40 heavy (non-hydrogen) atoms. The van der Waals surface area contributed by atoms with Gasteiger partial charge >= 0.3 is 0 Å². The number of hydrogen-bond donors (Lipinski definition) is 0. The molecule has 0 aliphatic heterocycles. The van der Waals surface area contributed by atoms with Gasteiger partial charge in [0, 0.05) is 41.7 Å². The molecule has 186 valence electrons. The second kappa shape index (κ2) is 8.22. The minimum atomic E-state index is 1.08. The summed E-state index contributed by atoms with van der Waals surface area (Å²) in [4.78, 5) is 0. The molecule has 0 spiro atoms. The van der Waals surface area contributed by atoms with Crippen LogP contribution in [0.25, 0.3) is 80.3 Å². The lowest BCUT2D eigenvalue weighted by Gasteiger charge is -2.14.